The van der Waals surface area contributed by atoms with E-state index in [-0.39, 0.29) is 25.2 Å². The van der Waals surface area contributed by atoms with Crippen molar-refractivity contribution in [3.63, 3.8) is 0 Å². The van der Waals surface area contributed by atoms with Crippen molar-refractivity contribution in [3.05, 3.63) is 75.7 Å². The predicted molar refractivity (Wildman–Crippen MR) is 132 cm³/mol. The van der Waals surface area contributed by atoms with E-state index in [0.29, 0.717) is 10.6 Å². The molecule has 0 saturated heterocycles. The van der Waals surface area contributed by atoms with Crippen LogP contribution in [0.5, 0.6) is 5.75 Å². The number of nitrogens with zero attached hydrogens (tertiary/aromatic N) is 2. The summed E-state index contributed by atoms with van der Waals surface area (Å²) in [6, 6.07) is 11.5. The van der Waals surface area contributed by atoms with Crippen molar-refractivity contribution in [2.45, 2.75) is 11.3 Å². The number of aromatic nitrogens is 1. The van der Waals surface area contributed by atoms with Gasteiger partial charge < -0.3 is 10.1 Å². The molecule has 0 radical (unpaired) electrons. The third kappa shape index (κ3) is 6.81. The van der Waals surface area contributed by atoms with Gasteiger partial charge in [0.05, 0.1) is 20.0 Å². The molecule has 0 aliphatic heterocycles. The summed E-state index contributed by atoms with van der Waals surface area (Å²) in [5.74, 6) is -0.990. The van der Waals surface area contributed by atoms with Gasteiger partial charge in [-0.25, -0.2) is 13.4 Å². The van der Waals surface area contributed by atoms with Gasteiger partial charge in [0.2, 0.25) is 5.91 Å². The molecule has 10 nitrogen and oxygen atoms in total. The second-order valence-electron chi connectivity index (χ2n) is 7.08. The predicted octanol–water partition coefficient (Wildman–Crippen LogP) is 5.62. The number of halogens is 3. The number of ether oxygens (including phenoxy) is 1. The standard InChI is InChI=1S/C21H13F3N4O6S3/c22-21(23,24)34-13-3-8-16-17(11-13)36-20(26-16)27-37(32,33)15-6-1-12(2-7-15)25-18(29)9-4-14-5-10-19(35-14)28(30)31/h1-11H,(H,25,29)(H,26,27)/b9-4+. The highest BCUT2D eigenvalue weighted by molar-refractivity contribution is 7.93. The van der Waals surface area contributed by atoms with Crippen LogP contribution in [-0.4, -0.2) is 30.6 Å². The Bertz CT molecular complexity index is 1610. The Hall–Kier alpha value is -4.02. The second-order valence-corrected chi connectivity index (χ2v) is 10.9. The number of carbonyl (C=O) groups excluding carboxylic acids is 1. The average Bonchev–Trinajstić information content (AvgIpc) is 3.43. The number of benzene rings is 2. The minimum atomic E-state index is -4.86. The number of nitrogens with one attached hydrogen (secondary N) is 2. The minimum absolute atomic E-state index is 0.0588. The molecule has 2 heterocycles. The zero-order valence-electron chi connectivity index (χ0n) is 18.1. The van der Waals surface area contributed by atoms with Gasteiger partial charge in [-0.05, 0) is 48.5 Å². The highest BCUT2D eigenvalue weighted by Gasteiger charge is 2.31. The number of sulfonamides is 1. The molecule has 0 atom stereocenters. The molecule has 16 heteroatoms. The molecule has 0 spiro atoms. The maximum atomic E-state index is 12.7. The van der Waals surface area contributed by atoms with Crippen LogP contribution in [0.3, 0.4) is 0 Å². The number of carbonyl (C=O) groups is 1. The van der Waals surface area contributed by atoms with Crippen molar-refractivity contribution in [2.75, 3.05) is 10.0 Å². The SMILES string of the molecule is O=C(/C=C/c1ccc([N+](=O)[O-])s1)Nc1ccc(S(=O)(=O)Nc2nc3ccc(OC(F)(F)F)cc3s2)cc1. The van der Waals surface area contributed by atoms with Crippen LogP contribution < -0.4 is 14.8 Å². The first-order valence-electron chi connectivity index (χ1n) is 9.90. The first kappa shape index (κ1) is 26.1. The molecule has 2 aromatic heterocycles. The lowest BCUT2D eigenvalue weighted by Crippen LogP contribution is -2.16. The van der Waals surface area contributed by atoms with E-state index in [9.17, 15) is 36.5 Å². The van der Waals surface area contributed by atoms with Crippen LogP contribution in [0.15, 0.2) is 65.6 Å². The van der Waals surface area contributed by atoms with E-state index in [1.165, 1.54) is 54.6 Å². The molecule has 0 saturated carbocycles. The van der Waals surface area contributed by atoms with E-state index in [1.807, 2.05) is 0 Å². The van der Waals surface area contributed by atoms with Gasteiger partial charge in [-0.2, -0.15) is 0 Å². The van der Waals surface area contributed by atoms with E-state index in [0.717, 1.165) is 34.8 Å². The van der Waals surface area contributed by atoms with Crippen LogP contribution in [0.25, 0.3) is 16.3 Å². The van der Waals surface area contributed by atoms with E-state index < -0.39 is 33.0 Å². The molecule has 0 aliphatic carbocycles. The van der Waals surface area contributed by atoms with Gasteiger partial charge in [-0.3, -0.25) is 19.6 Å². The molecule has 2 N–H and O–H groups in total. The van der Waals surface area contributed by atoms with Crippen molar-refractivity contribution >= 4 is 70.7 Å². The number of nitro groups is 1. The molecular formula is C21H13F3N4O6S3. The second kappa shape index (κ2) is 10.2. The number of anilines is 2. The number of alkyl halides is 3. The number of thiazole rings is 1. The summed E-state index contributed by atoms with van der Waals surface area (Å²) in [4.78, 5) is 26.7. The summed E-state index contributed by atoms with van der Waals surface area (Å²) in [6.07, 6.45) is -2.27. The molecule has 0 fully saturated rings. The molecular weight excluding hydrogens is 557 g/mol. The summed E-state index contributed by atoms with van der Waals surface area (Å²) in [7, 11) is -4.09. The van der Waals surface area contributed by atoms with Gasteiger partial charge in [0.15, 0.2) is 5.13 Å². The number of hydrogen-bond donors (Lipinski definition) is 2. The fourth-order valence-corrected chi connectivity index (χ4v) is 5.76. The summed E-state index contributed by atoms with van der Waals surface area (Å²) < 4.78 is 69.1. The Labute approximate surface area is 214 Å². The molecule has 4 rings (SSSR count). The molecule has 0 bridgehead atoms. The van der Waals surface area contributed by atoms with Gasteiger partial charge in [0, 0.05) is 28.8 Å². The zero-order chi connectivity index (χ0) is 26.8. The van der Waals surface area contributed by atoms with Crippen LogP contribution in [0.4, 0.5) is 29.0 Å². The van der Waals surface area contributed by atoms with Crippen LogP contribution in [0.1, 0.15) is 4.88 Å². The third-order valence-electron chi connectivity index (χ3n) is 4.44. The monoisotopic (exact) mass is 570 g/mol. The van der Waals surface area contributed by atoms with Crippen LogP contribution >= 0.6 is 22.7 Å². The first-order valence-corrected chi connectivity index (χ1v) is 13.0. The van der Waals surface area contributed by atoms with E-state index in [4.69, 9.17) is 0 Å². The topological polar surface area (TPSA) is 141 Å². The number of fused-ring (bicyclic) bond motifs is 1. The molecule has 37 heavy (non-hydrogen) atoms. The summed E-state index contributed by atoms with van der Waals surface area (Å²) in [5.41, 5.74) is 0.573. The van der Waals surface area contributed by atoms with Gasteiger partial charge in [0.1, 0.15) is 5.75 Å². The van der Waals surface area contributed by atoms with Crippen LogP contribution in [0, 0.1) is 10.1 Å². The average molecular weight is 571 g/mol. The van der Waals surface area contributed by atoms with Gasteiger partial charge in [-0.1, -0.05) is 22.7 Å². The molecule has 4 aromatic rings. The molecule has 192 valence electrons. The first-order chi connectivity index (χ1) is 17.4. The fraction of sp³-hybridized carbons (Fsp3) is 0.0476. The summed E-state index contributed by atoms with van der Waals surface area (Å²) in [6.45, 7) is 0. The molecule has 1 amide bonds. The number of rotatable bonds is 8. The largest absolute Gasteiger partial charge is 0.573 e. The van der Waals surface area contributed by atoms with E-state index in [1.54, 1.807) is 0 Å². The van der Waals surface area contributed by atoms with Gasteiger partial charge >= 0.3 is 11.4 Å². The highest BCUT2D eigenvalue weighted by atomic mass is 32.2. The lowest BCUT2D eigenvalue weighted by Gasteiger charge is -2.07. The highest BCUT2D eigenvalue weighted by Crippen LogP contribution is 2.32. The normalized spacial score (nSPS) is 12.1. The van der Waals surface area contributed by atoms with Crippen molar-refractivity contribution in [1.82, 2.24) is 4.98 Å². The van der Waals surface area contributed by atoms with E-state index in [2.05, 4.69) is 19.8 Å². The summed E-state index contributed by atoms with van der Waals surface area (Å²) >= 11 is 1.73. The van der Waals surface area contributed by atoms with Crippen molar-refractivity contribution < 1.29 is 36.0 Å². The Morgan fingerprint density at radius 3 is 2.46 bits per heavy atom. The Morgan fingerprint density at radius 2 is 1.81 bits per heavy atom. The maximum Gasteiger partial charge on any atom is 0.573 e. The summed E-state index contributed by atoms with van der Waals surface area (Å²) in [5, 5.41) is 13.1. The van der Waals surface area contributed by atoms with E-state index >= 15 is 0 Å². The smallest absolute Gasteiger partial charge is 0.406 e. The molecule has 0 aliphatic rings. The van der Waals surface area contributed by atoms with Crippen LogP contribution in [-0.2, 0) is 14.8 Å². The Morgan fingerprint density at radius 1 is 1.08 bits per heavy atom. The quantitative estimate of drug-likeness (QED) is 0.159. The number of thiophene rings is 1. The Kier molecular flexibility index (Phi) is 7.15. The lowest BCUT2D eigenvalue weighted by molar-refractivity contribution is -0.380. The van der Waals surface area contributed by atoms with Crippen molar-refractivity contribution in [1.29, 1.82) is 0 Å². The third-order valence-corrected chi connectivity index (χ3v) is 7.86. The fourth-order valence-electron chi connectivity index (χ4n) is 2.91. The number of hydrogen-bond acceptors (Lipinski definition) is 9. The Balaban J connectivity index is 1.40. The molecule has 0 unspecified atom stereocenters. The zero-order valence-corrected chi connectivity index (χ0v) is 20.5. The van der Waals surface area contributed by atoms with Crippen LogP contribution in [0.2, 0.25) is 0 Å². The molecule has 2 aromatic carbocycles. The minimum Gasteiger partial charge on any atom is -0.406 e. The number of amides is 1. The van der Waals surface area contributed by atoms with Gasteiger partial charge in [-0.15, -0.1) is 13.2 Å². The van der Waals surface area contributed by atoms with Gasteiger partial charge in [0.25, 0.3) is 10.0 Å². The van der Waals surface area contributed by atoms with Crippen molar-refractivity contribution in [2.24, 2.45) is 0 Å². The lowest BCUT2D eigenvalue weighted by atomic mass is 10.3. The maximum absolute atomic E-state index is 12.7. The van der Waals surface area contributed by atoms with Crippen molar-refractivity contribution in [3.8, 4) is 5.75 Å².